The van der Waals surface area contributed by atoms with Gasteiger partial charge in [-0.25, -0.2) is 0 Å². The molecule has 0 spiro atoms. The fraction of sp³-hybridized carbons (Fsp3) is 0.125. The number of nitrogens with zero attached hydrogens (tertiary/aromatic N) is 3. The number of benzene rings is 1. The molecule has 0 fully saturated rings. The molecule has 0 radical (unpaired) electrons. The Balaban J connectivity index is 1.85. The van der Waals surface area contributed by atoms with E-state index in [1.54, 1.807) is 12.4 Å². The Kier molecular flexibility index (Phi) is 3.11. The molecule has 3 rings (SSSR count). The van der Waals surface area contributed by atoms with Gasteiger partial charge in [-0.15, -0.1) is 0 Å². The Labute approximate surface area is 112 Å². The molecule has 1 aromatic carbocycles. The van der Waals surface area contributed by atoms with Crippen LogP contribution in [0.25, 0.3) is 11.3 Å². The number of rotatable bonds is 3. The molecule has 0 N–H and O–H groups in total. The van der Waals surface area contributed by atoms with E-state index < -0.39 is 0 Å². The molecule has 2 heterocycles. The summed E-state index contributed by atoms with van der Waals surface area (Å²) in [4.78, 5) is 4.02. The zero-order valence-electron chi connectivity index (χ0n) is 10.8. The topological polar surface area (TPSA) is 30.7 Å². The molecule has 19 heavy (non-hydrogen) atoms. The van der Waals surface area contributed by atoms with Crippen LogP contribution in [-0.2, 0) is 6.54 Å². The third kappa shape index (κ3) is 2.55. The lowest BCUT2D eigenvalue weighted by Crippen LogP contribution is -2.02. The minimum Gasteiger partial charge on any atom is -0.268 e. The summed E-state index contributed by atoms with van der Waals surface area (Å²) in [7, 11) is 0. The Morgan fingerprint density at radius 1 is 1.00 bits per heavy atom. The molecule has 2 aromatic heterocycles. The van der Waals surface area contributed by atoms with E-state index in [2.05, 4.69) is 41.3 Å². The summed E-state index contributed by atoms with van der Waals surface area (Å²) in [5, 5.41) is 4.61. The van der Waals surface area contributed by atoms with Crippen molar-refractivity contribution in [1.29, 1.82) is 0 Å². The smallest absolute Gasteiger partial charge is 0.0924 e. The van der Waals surface area contributed by atoms with Crippen LogP contribution in [0.1, 0.15) is 11.1 Å². The van der Waals surface area contributed by atoms with E-state index in [4.69, 9.17) is 0 Å². The monoisotopic (exact) mass is 249 g/mol. The molecule has 0 amide bonds. The predicted molar refractivity (Wildman–Crippen MR) is 75.7 cm³/mol. The lowest BCUT2D eigenvalue weighted by Gasteiger charge is -2.05. The van der Waals surface area contributed by atoms with Gasteiger partial charge in [-0.05, 0) is 36.2 Å². The third-order valence-electron chi connectivity index (χ3n) is 3.21. The second kappa shape index (κ2) is 5.06. The molecule has 3 nitrogen and oxygen atoms in total. The van der Waals surface area contributed by atoms with Crippen LogP contribution in [-0.4, -0.2) is 14.8 Å². The van der Waals surface area contributed by atoms with Crippen molar-refractivity contribution in [2.75, 3.05) is 0 Å². The van der Waals surface area contributed by atoms with Crippen LogP contribution in [0, 0.1) is 6.92 Å². The first kappa shape index (κ1) is 11.7. The van der Waals surface area contributed by atoms with Crippen LogP contribution in [0.3, 0.4) is 0 Å². The van der Waals surface area contributed by atoms with Crippen molar-refractivity contribution in [1.82, 2.24) is 14.8 Å². The highest BCUT2D eigenvalue weighted by molar-refractivity contribution is 5.57. The van der Waals surface area contributed by atoms with E-state index >= 15 is 0 Å². The third-order valence-corrected chi connectivity index (χ3v) is 3.21. The van der Waals surface area contributed by atoms with Crippen LogP contribution in [0.2, 0.25) is 0 Å². The van der Waals surface area contributed by atoms with Crippen LogP contribution in [0.4, 0.5) is 0 Å². The van der Waals surface area contributed by atoms with Crippen LogP contribution >= 0.6 is 0 Å². The number of hydrogen-bond acceptors (Lipinski definition) is 2. The van der Waals surface area contributed by atoms with Crippen molar-refractivity contribution in [3.05, 3.63) is 72.2 Å². The summed E-state index contributed by atoms with van der Waals surface area (Å²) < 4.78 is 1.97. The van der Waals surface area contributed by atoms with Crippen molar-refractivity contribution in [2.24, 2.45) is 0 Å². The van der Waals surface area contributed by atoms with Gasteiger partial charge in [0.25, 0.3) is 0 Å². The highest BCUT2D eigenvalue weighted by Crippen LogP contribution is 2.16. The SMILES string of the molecule is Cc1ccccc1Cn1ccc(-c2ccncc2)n1. The maximum Gasteiger partial charge on any atom is 0.0924 e. The standard InChI is InChI=1S/C16H15N3/c1-13-4-2-3-5-15(13)12-19-11-8-16(18-19)14-6-9-17-10-7-14/h2-11H,12H2,1H3. The predicted octanol–water partition coefficient (Wildman–Crippen LogP) is 3.30. The van der Waals surface area contributed by atoms with E-state index in [0.717, 1.165) is 17.8 Å². The van der Waals surface area contributed by atoms with E-state index in [1.165, 1.54) is 11.1 Å². The average Bonchev–Trinajstić information content (AvgIpc) is 2.91. The van der Waals surface area contributed by atoms with Gasteiger partial charge in [-0.1, -0.05) is 24.3 Å². The second-order valence-electron chi connectivity index (χ2n) is 4.56. The highest BCUT2D eigenvalue weighted by atomic mass is 15.3. The van der Waals surface area contributed by atoms with Crippen molar-refractivity contribution in [3.63, 3.8) is 0 Å². The van der Waals surface area contributed by atoms with Crippen LogP contribution in [0.5, 0.6) is 0 Å². The zero-order chi connectivity index (χ0) is 13.1. The van der Waals surface area contributed by atoms with Gasteiger partial charge >= 0.3 is 0 Å². The molecule has 94 valence electrons. The number of pyridine rings is 1. The molecular formula is C16H15N3. The minimum absolute atomic E-state index is 0.803. The lowest BCUT2D eigenvalue weighted by atomic mass is 10.1. The minimum atomic E-state index is 0.803. The molecular weight excluding hydrogens is 234 g/mol. The molecule has 0 bridgehead atoms. The first-order valence-corrected chi connectivity index (χ1v) is 6.31. The Morgan fingerprint density at radius 3 is 2.58 bits per heavy atom. The Morgan fingerprint density at radius 2 is 1.79 bits per heavy atom. The molecule has 3 aromatic rings. The zero-order valence-corrected chi connectivity index (χ0v) is 10.8. The van der Waals surface area contributed by atoms with Gasteiger partial charge in [0.15, 0.2) is 0 Å². The fourth-order valence-electron chi connectivity index (χ4n) is 2.09. The summed E-state index contributed by atoms with van der Waals surface area (Å²) in [5.74, 6) is 0. The molecule has 0 atom stereocenters. The molecule has 3 heteroatoms. The van der Waals surface area contributed by atoms with Crippen LogP contribution < -0.4 is 0 Å². The van der Waals surface area contributed by atoms with E-state index in [0.29, 0.717) is 0 Å². The van der Waals surface area contributed by atoms with Crippen molar-refractivity contribution in [2.45, 2.75) is 13.5 Å². The molecule has 0 aliphatic carbocycles. The largest absolute Gasteiger partial charge is 0.268 e. The van der Waals surface area contributed by atoms with Gasteiger partial charge in [-0.2, -0.15) is 5.10 Å². The summed E-state index contributed by atoms with van der Waals surface area (Å²) in [6.07, 6.45) is 5.59. The van der Waals surface area contributed by atoms with E-state index in [1.807, 2.05) is 29.1 Å². The Bertz CT molecular complexity index is 671. The first-order chi connectivity index (χ1) is 9.33. The van der Waals surface area contributed by atoms with Crippen molar-refractivity contribution >= 4 is 0 Å². The van der Waals surface area contributed by atoms with Crippen LogP contribution in [0.15, 0.2) is 61.1 Å². The molecule has 0 saturated heterocycles. The number of hydrogen-bond donors (Lipinski definition) is 0. The molecule has 0 aliphatic heterocycles. The number of aromatic nitrogens is 3. The van der Waals surface area contributed by atoms with E-state index in [-0.39, 0.29) is 0 Å². The van der Waals surface area contributed by atoms with Gasteiger partial charge in [0.05, 0.1) is 12.2 Å². The first-order valence-electron chi connectivity index (χ1n) is 6.31. The highest BCUT2D eigenvalue weighted by Gasteiger charge is 2.03. The molecule has 0 aliphatic rings. The number of aryl methyl sites for hydroxylation is 1. The second-order valence-corrected chi connectivity index (χ2v) is 4.56. The fourth-order valence-corrected chi connectivity index (χ4v) is 2.09. The van der Waals surface area contributed by atoms with Gasteiger partial charge in [0.1, 0.15) is 0 Å². The maximum atomic E-state index is 4.61. The van der Waals surface area contributed by atoms with Gasteiger partial charge in [0, 0.05) is 24.2 Å². The molecule has 0 saturated carbocycles. The normalized spacial score (nSPS) is 10.6. The summed E-state index contributed by atoms with van der Waals surface area (Å²) >= 11 is 0. The van der Waals surface area contributed by atoms with Crippen molar-refractivity contribution < 1.29 is 0 Å². The lowest BCUT2D eigenvalue weighted by molar-refractivity contribution is 0.686. The summed E-state index contributed by atoms with van der Waals surface area (Å²) in [6.45, 7) is 2.93. The van der Waals surface area contributed by atoms with Crippen molar-refractivity contribution in [3.8, 4) is 11.3 Å². The van der Waals surface area contributed by atoms with Gasteiger partial charge in [0.2, 0.25) is 0 Å². The average molecular weight is 249 g/mol. The van der Waals surface area contributed by atoms with E-state index in [9.17, 15) is 0 Å². The maximum absolute atomic E-state index is 4.61. The Hall–Kier alpha value is -2.42. The summed E-state index contributed by atoms with van der Waals surface area (Å²) in [6, 6.07) is 14.4. The quantitative estimate of drug-likeness (QED) is 0.713. The molecule has 0 unspecified atom stereocenters. The van der Waals surface area contributed by atoms with Gasteiger partial charge in [-0.3, -0.25) is 9.67 Å². The summed E-state index contributed by atoms with van der Waals surface area (Å²) in [5.41, 5.74) is 4.67. The van der Waals surface area contributed by atoms with Gasteiger partial charge < -0.3 is 0 Å².